The van der Waals surface area contributed by atoms with Gasteiger partial charge in [-0.2, -0.15) is 0 Å². The number of hydrogen-bond donors (Lipinski definition) is 1. The van der Waals surface area contributed by atoms with E-state index in [2.05, 4.69) is 10.2 Å². The molecular formula is C25H28F4N2O2. The number of aryl methyl sites for hydroxylation is 2. The van der Waals surface area contributed by atoms with Crippen molar-refractivity contribution in [3.05, 3.63) is 58.7 Å². The van der Waals surface area contributed by atoms with Crippen LogP contribution in [0.25, 0.3) is 0 Å². The first-order chi connectivity index (χ1) is 15.6. The van der Waals surface area contributed by atoms with E-state index in [0.717, 1.165) is 22.9 Å². The van der Waals surface area contributed by atoms with E-state index in [1.165, 1.54) is 12.1 Å². The lowest BCUT2D eigenvalue weighted by Gasteiger charge is -2.34. The van der Waals surface area contributed by atoms with Gasteiger partial charge in [0.2, 0.25) is 11.8 Å². The molecule has 1 atom stereocenters. The summed E-state index contributed by atoms with van der Waals surface area (Å²) in [5.74, 6) is -4.38. The van der Waals surface area contributed by atoms with Crippen molar-refractivity contribution >= 4 is 17.3 Å². The van der Waals surface area contributed by atoms with E-state index in [-0.39, 0.29) is 37.2 Å². The first-order valence-electron chi connectivity index (χ1n) is 11.2. The number of benzene rings is 2. The molecule has 1 amide bonds. The molecule has 4 rings (SSSR count). The molecule has 4 nitrogen and oxygen atoms in total. The SMILES string of the molecule is Cc1cc(N2CCO[C@@H](c3cc(F)cc(F)c3)CC2)cc(C)c1NC(=O)CC1CC(F)(F)C1. The number of carbonyl (C=O) groups excluding carboxylic acids is 1. The molecule has 1 aliphatic carbocycles. The standard InChI is InChI=1S/C25H28F4N2O2/c1-15-7-21(8-16(2)24(15)30-23(32)9-17-13-25(28,29)14-17)31-4-3-22(33-6-5-31)18-10-19(26)12-20(27)11-18/h7-8,10-12,17,22H,3-6,9,13-14H2,1-2H3,(H,30,32)/t22-/m1/s1. The lowest BCUT2D eigenvalue weighted by atomic mass is 9.79. The number of hydrogen-bond acceptors (Lipinski definition) is 3. The number of nitrogens with one attached hydrogen (secondary N) is 1. The normalized spacial score (nSPS) is 20.8. The molecule has 178 valence electrons. The van der Waals surface area contributed by atoms with Crippen LogP contribution in [0.15, 0.2) is 30.3 Å². The van der Waals surface area contributed by atoms with Crippen LogP contribution in [0.3, 0.4) is 0 Å². The van der Waals surface area contributed by atoms with E-state index in [0.29, 0.717) is 37.4 Å². The maximum absolute atomic E-state index is 13.6. The molecule has 0 radical (unpaired) electrons. The van der Waals surface area contributed by atoms with Crippen molar-refractivity contribution in [1.29, 1.82) is 0 Å². The van der Waals surface area contributed by atoms with Crippen molar-refractivity contribution in [2.75, 3.05) is 29.9 Å². The van der Waals surface area contributed by atoms with Crippen molar-refractivity contribution in [3.8, 4) is 0 Å². The molecule has 33 heavy (non-hydrogen) atoms. The number of ether oxygens (including phenoxy) is 1. The van der Waals surface area contributed by atoms with E-state index in [1.807, 2.05) is 26.0 Å². The highest BCUT2D eigenvalue weighted by Gasteiger charge is 2.45. The lowest BCUT2D eigenvalue weighted by Crippen LogP contribution is -2.37. The van der Waals surface area contributed by atoms with Crippen LogP contribution in [0.4, 0.5) is 28.9 Å². The predicted molar refractivity (Wildman–Crippen MR) is 119 cm³/mol. The second kappa shape index (κ2) is 9.33. The van der Waals surface area contributed by atoms with Crippen LogP contribution in [0.2, 0.25) is 0 Å². The van der Waals surface area contributed by atoms with E-state index >= 15 is 0 Å². The highest BCUT2D eigenvalue weighted by molar-refractivity contribution is 5.93. The number of amides is 1. The minimum absolute atomic E-state index is 0.0990. The zero-order valence-corrected chi connectivity index (χ0v) is 18.8. The molecule has 2 aromatic rings. The Labute approximate surface area is 190 Å². The van der Waals surface area contributed by atoms with Gasteiger partial charge in [-0.05, 0) is 67.1 Å². The summed E-state index contributed by atoms with van der Waals surface area (Å²) in [6.07, 6.45) is -0.164. The van der Waals surface area contributed by atoms with E-state index in [1.54, 1.807) is 0 Å². The summed E-state index contributed by atoms with van der Waals surface area (Å²) in [4.78, 5) is 14.5. The van der Waals surface area contributed by atoms with Gasteiger partial charge in [0.15, 0.2) is 0 Å². The Bertz CT molecular complexity index is 992. The van der Waals surface area contributed by atoms with Gasteiger partial charge in [-0.1, -0.05) is 0 Å². The molecule has 1 aliphatic heterocycles. The minimum Gasteiger partial charge on any atom is -0.372 e. The highest BCUT2D eigenvalue weighted by atomic mass is 19.3. The Morgan fingerprint density at radius 1 is 1.06 bits per heavy atom. The van der Waals surface area contributed by atoms with Gasteiger partial charge in [0.05, 0.1) is 12.7 Å². The number of nitrogens with zero attached hydrogens (tertiary/aromatic N) is 1. The summed E-state index contributed by atoms with van der Waals surface area (Å²) in [5.41, 5.74) is 3.92. The quantitative estimate of drug-likeness (QED) is 0.559. The summed E-state index contributed by atoms with van der Waals surface area (Å²) in [6, 6.07) is 7.41. The van der Waals surface area contributed by atoms with Gasteiger partial charge in [0.1, 0.15) is 11.6 Å². The van der Waals surface area contributed by atoms with Gasteiger partial charge >= 0.3 is 0 Å². The van der Waals surface area contributed by atoms with Crippen molar-refractivity contribution in [2.24, 2.45) is 5.92 Å². The molecule has 2 aromatic carbocycles. The number of halogens is 4. The van der Waals surface area contributed by atoms with E-state index in [9.17, 15) is 22.4 Å². The van der Waals surface area contributed by atoms with Crippen LogP contribution in [0.1, 0.15) is 48.5 Å². The van der Waals surface area contributed by atoms with Gasteiger partial charge in [0, 0.05) is 49.8 Å². The molecule has 1 saturated heterocycles. The highest BCUT2D eigenvalue weighted by Crippen LogP contribution is 2.44. The van der Waals surface area contributed by atoms with Crippen molar-refractivity contribution in [3.63, 3.8) is 0 Å². The predicted octanol–water partition coefficient (Wildman–Crippen LogP) is 5.92. The van der Waals surface area contributed by atoms with Gasteiger partial charge in [-0.15, -0.1) is 0 Å². The van der Waals surface area contributed by atoms with Crippen molar-refractivity contribution in [2.45, 2.75) is 51.6 Å². The largest absolute Gasteiger partial charge is 0.372 e. The fourth-order valence-corrected chi connectivity index (χ4v) is 4.76. The molecule has 0 unspecified atom stereocenters. The Morgan fingerprint density at radius 2 is 1.70 bits per heavy atom. The second-order valence-corrected chi connectivity index (χ2v) is 9.18. The molecule has 2 fully saturated rings. The molecule has 0 spiro atoms. The summed E-state index contributed by atoms with van der Waals surface area (Å²) in [5, 5.41) is 2.89. The van der Waals surface area contributed by atoms with Crippen LogP contribution in [-0.2, 0) is 9.53 Å². The van der Waals surface area contributed by atoms with Crippen LogP contribution >= 0.6 is 0 Å². The van der Waals surface area contributed by atoms with E-state index < -0.39 is 17.6 Å². The van der Waals surface area contributed by atoms with Gasteiger partial charge < -0.3 is 15.0 Å². The smallest absolute Gasteiger partial charge is 0.248 e. The maximum Gasteiger partial charge on any atom is 0.248 e. The fraction of sp³-hybridized carbons (Fsp3) is 0.480. The third-order valence-corrected chi connectivity index (χ3v) is 6.39. The molecule has 1 saturated carbocycles. The summed E-state index contributed by atoms with van der Waals surface area (Å²) in [7, 11) is 0. The Morgan fingerprint density at radius 3 is 2.30 bits per heavy atom. The van der Waals surface area contributed by atoms with Crippen LogP contribution in [0.5, 0.6) is 0 Å². The molecular weight excluding hydrogens is 436 g/mol. The minimum atomic E-state index is -2.63. The van der Waals surface area contributed by atoms with Crippen LogP contribution in [0, 0.1) is 31.4 Å². The number of rotatable bonds is 5. The average molecular weight is 465 g/mol. The van der Waals surface area contributed by atoms with Gasteiger partial charge in [-0.25, -0.2) is 17.6 Å². The molecule has 0 aromatic heterocycles. The summed E-state index contributed by atoms with van der Waals surface area (Å²) >= 11 is 0. The third-order valence-electron chi connectivity index (χ3n) is 6.39. The average Bonchev–Trinajstić information content (AvgIpc) is 2.95. The molecule has 1 N–H and O–H groups in total. The second-order valence-electron chi connectivity index (χ2n) is 9.18. The number of carbonyl (C=O) groups is 1. The summed E-state index contributed by atoms with van der Waals surface area (Å²) in [6.45, 7) is 5.47. The van der Waals surface area contributed by atoms with Gasteiger partial charge in [-0.3, -0.25) is 4.79 Å². The summed E-state index contributed by atoms with van der Waals surface area (Å²) < 4.78 is 59.1. The van der Waals surface area contributed by atoms with E-state index in [4.69, 9.17) is 4.74 Å². The zero-order valence-electron chi connectivity index (χ0n) is 18.8. The molecule has 2 aliphatic rings. The Hall–Kier alpha value is -2.61. The van der Waals surface area contributed by atoms with Crippen LogP contribution in [-0.4, -0.2) is 31.5 Å². The van der Waals surface area contributed by atoms with Crippen LogP contribution < -0.4 is 10.2 Å². The molecule has 1 heterocycles. The van der Waals surface area contributed by atoms with Crippen molar-refractivity contribution < 1.29 is 27.1 Å². The first kappa shape index (κ1) is 23.5. The number of anilines is 2. The Balaban J connectivity index is 1.40. The molecule has 8 heteroatoms. The fourth-order valence-electron chi connectivity index (χ4n) is 4.76. The van der Waals surface area contributed by atoms with Gasteiger partial charge in [0.25, 0.3) is 0 Å². The lowest BCUT2D eigenvalue weighted by molar-refractivity contribution is -0.129. The topological polar surface area (TPSA) is 41.6 Å². The monoisotopic (exact) mass is 464 g/mol. The first-order valence-corrected chi connectivity index (χ1v) is 11.2. The molecule has 0 bridgehead atoms. The maximum atomic E-state index is 13.6. The zero-order chi connectivity index (χ0) is 23.8. The number of alkyl halides is 2. The van der Waals surface area contributed by atoms with Crippen molar-refractivity contribution in [1.82, 2.24) is 0 Å². The third kappa shape index (κ3) is 5.66. The Kier molecular flexibility index (Phi) is 6.66.